The Balaban J connectivity index is 2.79. The van der Waals surface area contributed by atoms with Gasteiger partial charge in [0.15, 0.2) is 9.84 Å². The van der Waals surface area contributed by atoms with E-state index in [0.29, 0.717) is 6.61 Å². The minimum absolute atomic E-state index is 0.489. The number of hydrogen-bond acceptors (Lipinski definition) is 4. The molecule has 18 heavy (non-hydrogen) atoms. The lowest BCUT2D eigenvalue weighted by Crippen LogP contribution is -2.30. The van der Waals surface area contributed by atoms with Crippen molar-refractivity contribution in [3.63, 3.8) is 0 Å². The second-order valence-electron chi connectivity index (χ2n) is 4.54. The summed E-state index contributed by atoms with van der Waals surface area (Å²) >= 11 is 0. The molecule has 2 unspecified atom stereocenters. The Hall–Kier alpha value is -0.910. The van der Waals surface area contributed by atoms with E-state index in [2.05, 4.69) is 0 Å². The summed E-state index contributed by atoms with van der Waals surface area (Å²) in [5.41, 5.74) is 7.97. The van der Waals surface area contributed by atoms with Crippen molar-refractivity contribution in [1.82, 2.24) is 0 Å². The Morgan fingerprint density at radius 1 is 1.28 bits per heavy atom. The van der Waals surface area contributed by atoms with Crippen molar-refractivity contribution >= 4 is 9.84 Å². The summed E-state index contributed by atoms with van der Waals surface area (Å²) in [6.07, 6.45) is 2.05. The van der Waals surface area contributed by atoms with Crippen molar-refractivity contribution in [2.24, 2.45) is 5.73 Å². The van der Waals surface area contributed by atoms with Crippen molar-refractivity contribution in [2.45, 2.75) is 24.6 Å². The Kier molecular flexibility index (Phi) is 5.31. The minimum atomic E-state index is -3.12. The Bertz CT molecular complexity index is 468. The molecule has 102 valence electrons. The van der Waals surface area contributed by atoms with Gasteiger partial charge >= 0.3 is 0 Å². The maximum Gasteiger partial charge on any atom is 0.151 e. The van der Waals surface area contributed by atoms with Crippen LogP contribution in [0.3, 0.4) is 0 Å². The molecule has 0 fully saturated rings. The molecular weight excluding hydrogens is 250 g/mol. The number of nitrogens with two attached hydrogens (primary N) is 1. The van der Waals surface area contributed by atoms with Crippen LogP contribution in [0.4, 0.5) is 0 Å². The molecule has 0 amide bonds. The summed E-state index contributed by atoms with van der Waals surface area (Å²) < 4.78 is 27.9. The molecule has 0 bridgehead atoms. The second kappa shape index (κ2) is 6.31. The molecule has 0 saturated carbocycles. The van der Waals surface area contributed by atoms with Gasteiger partial charge in [-0.1, -0.05) is 24.3 Å². The molecule has 0 spiro atoms. The highest BCUT2D eigenvalue weighted by atomic mass is 32.2. The summed E-state index contributed by atoms with van der Waals surface area (Å²) in [5.74, 6) is 0. The third kappa shape index (κ3) is 4.08. The van der Waals surface area contributed by atoms with Crippen LogP contribution in [0.1, 0.15) is 24.1 Å². The molecule has 1 aromatic carbocycles. The van der Waals surface area contributed by atoms with Crippen LogP contribution in [0, 0.1) is 0 Å². The van der Waals surface area contributed by atoms with Crippen molar-refractivity contribution in [3.05, 3.63) is 35.4 Å². The quantitative estimate of drug-likeness (QED) is 0.847. The third-order valence-electron chi connectivity index (χ3n) is 3.14. The number of rotatable bonds is 6. The van der Waals surface area contributed by atoms with E-state index < -0.39 is 21.1 Å². The number of hydrogen-bond donors (Lipinski definition) is 1. The van der Waals surface area contributed by atoms with Gasteiger partial charge in [-0.2, -0.15) is 0 Å². The number of sulfone groups is 1. The van der Waals surface area contributed by atoms with E-state index in [-0.39, 0.29) is 0 Å². The normalized spacial score (nSPS) is 15.3. The Morgan fingerprint density at radius 3 is 2.28 bits per heavy atom. The lowest BCUT2D eigenvalue weighted by molar-refractivity contribution is 0.202. The van der Waals surface area contributed by atoms with E-state index in [4.69, 9.17) is 10.5 Å². The molecule has 0 aliphatic rings. The third-order valence-corrected chi connectivity index (χ3v) is 4.78. The van der Waals surface area contributed by atoms with E-state index in [9.17, 15) is 8.42 Å². The summed E-state index contributed by atoms with van der Waals surface area (Å²) in [4.78, 5) is 0. The zero-order valence-corrected chi connectivity index (χ0v) is 11.9. The molecule has 0 radical (unpaired) electrons. The molecule has 0 aromatic heterocycles. The average Bonchev–Trinajstić information content (AvgIpc) is 2.34. The van der Waals surface area contributed by atoms with E-state index in [1.54, 1.807) is 14.0 Å². The highest BCUT2D eigenvalue weighted by molar-refractivity contribution is 7.91. The van der Waals surface area contributed by atoms with Crippen molar-refractivity contribution < 1.29 is 13.2 Å². The van der Waals surface area contributed by atoms with E-state index in [1.807, 2.05) is 24.3 Å². The predicted molar refractivity (Wildman–Crippen MR) is 73.3 cm³/mol. The first-order chi connectivity index (χ1) is 8.36. The predicted octanol–water partition coefficient (Wildman–Crippen LogP) is 1.31. The summed E-state index contributed by atoms with van der Waals surface area (Å²) in [5, 5.41) is -0.581. The monoisotopic (exact) mass is 271 g/mol. The van der Waals surface area contributed by atoms with Gasteiger partial charge in [0.05, 0.1) is 11.9 Å². The lowest BCUT2D eigenvalue weighted by atomic mass is 10.0. The Labute approximate surface area is 109 Å². The van der Waals surface area contributed by atoms with Crippen LogP contribution in [0.25, 0.3) is 0 Å². The molecule has 5 heteroatoms. The fourth-order valence-electron chi connectivity index (χ4n) is 1.66. The van der Waals surface area contributed by atoms with Gasteiger partial charge in [0.2, 0.25) is 0 Å². The molecule has 0 aliphatic carbocycles. The van der Waals surface area contributed by atoms with Crippen LogP contribution in [-0.4, -0.2) is 33.6 Å². The molecular formula is C13H21NO3S. The van der Waals surface area contributed by atoms with Crippen LogP contribution in [0.5, 0.6) is 0 Å². The minimum Gasteiger partial charge on any atom is -0.384 e. The molecule has 0 saturated heterocycles. The molecule has 2 atom stereocenters. The van der Waals surface area contributed by atoms with Gasteiger partial charge < -0.3 is 10.5 Å². The fraction of sp³-hybridized carbons (Fsp3) is 0.538. The average molecular weight is 271 g/mol. The smallest absolute Gasteiger partial charge is 0.151 e. The van der Waals surface area contributed by atoms with Crippen LogP contribution in [0.15, 0.2) is 24.3 Å². The van der Waals surface area contributed by atoms with Gasteiger partial charge in [-0.3, -0.25) is 0 Å². The van der Waals surface area contributed by atoms with Gasteiger partial charge in [0.25, 0.3) is 0 Å². The number of ether oxygens (including phenoxy) is 1. The fourth-order valence-corrected chi connectivity index (χ4v) is 2.35. The maximum atomic E-state index is 11.5. The van der Waals surface area contributed by atoms with E-state index in [0.717, 1.165) is 17.5 Å². The SMILES string of the molecule is COCCc1ccc(C(N)C(C)S(C)(=O)=O)cc1. The van der Waals surface area contributed by atoms with Gasteiger partial charge in [0.1, 0.15) is 0 Å². The second-order valence-corrected chi connectivity index (χ2v) is 6.95. The number of methoxy groups -OCH3 is 1. The van der Waals surface area contributed by atoms with Crippen LogP contribution < -0.4 is 5.73 Å². The zero-order chi connectivity index (χ0) is 13.8. The molecule has 0 aliphatic heterocycles. The number of benzene rings is 1. The molecule has 1 aromatic rings. The standard InChI is InChI=1S/C13H21NO3S/c1-10(18(3,15)16)13(14)12-6-4-11(5-7-12)8-9-17-2/h4-7,10,13H,8-9,14H2,1-3H3. The van der Waals surface area contributed by atoms with Gasteiger partial charge in [-0.25, -0.2) is 8.42 Å². The first kappa shape index (κ1) is 15.1. The van der Waals surface area contributed by atoms with Gasteiger partial charge in [0, 0.05) is 19.4 Å². The van der Waals surface area contributed by atoms with Crippen molar-refractivity contribution in [3.8, 4) is 0 Å². The lowest BCUT2D eigenvalue weighted by Gasteiger charge is -2.18. The van der Waals surface area contributed by atoms with Gasteiger partial charge in [-0.15, -0.1) is 0 Å². The topological polar surface area (TPSA) is 69.4 Å². The zero-order valence-electron chi connectivity index (χ0n) is 11.1. The molecule has 0 heterocycles. The van der Waals surface area contributed by atoms with E-state index >= 15 is 0 Å². The van der Waals surface area contributed by atoms with Crippen molar-refractivity contribution in [1.29, 1.82) is 0 Å². The largest absolute Gasteiger partial charge is 0.384 e. The summed E-state index contributed by atoms with van der Waals surface area (Å²) in [6, 6.07) is 7.21. The van der Waals surface area contributed by atoms with Crippen LogP contribution in [-0.2, 0) is 21.0 Å². The van der Waals surface area contributed by atoms with Crippen LogP contribution in [0.2, 0.25) is 0 Å². The van der Waals surface area contributed by atoms with Gasteiger partial charge in [-0.05, 0) is 24.5 Å². The molecule has 1 rings (SSSR count). The van der Waals surface area contributed by atoms with E-state index in [1.165, 1.54) is 6.26 Å². The summed E-state index contributed by atoms with van der Waals surface area (Å²) in [6.45, 7) is 2.31. The first-order valence-corrected chi connectivity index (χ1v) is 7.84. The highest BCUT2D eigenvalue weighted by Crippen LogP contribution is 2.19. The maximum absolute atomic E-state index is 11.5. The Morgan fingerprint density at radius 2 is 1.83 bits per heavy atom. The highest BCUT2D eigenvalue weighted by Gasteiger charge is 2.23. The molecule has 4 nitrogen and oxygen atoms in total. The van der Waals surface area contributed by atoms with Crippen molar-refractivity contribution in [2.75, 3.05) is 20.0 Å². The van der Waals surface area contributed by atoms with Crippen LogP contribution >= 0.6 is 0 Å². The summed E-state index contributed by atoms with van der Waals surface area (Å²) in [7, 11) is -1.45. The first-order valence-electron chi connectivity index (χ1n) is 5.88. The molecule has 2 N–H and O–H groups in total.